The lowest BCUT2D eigenvalue weighted by Gasteiger charge is -2.13. The lowest BCUT2D eigenvalue weighted by molar-refractivity contribution is -0.384. The fourth-order valence-corrected chi connectivity index (χ4v) is 1.81. The Morgan fingerprint density at radius 2 is 2.21 bits per heavy atom. The molecule has 1 aromatic carbocycles. The number of nitrogens with two attached hydrogens (primary N) is 1. The van der Waals surface area contributed by atoms with Gasteiger partial charge in [-0.05, 0) is 31.5 Å². The van der Waals surface area contributed by atoms with Crippen molar-refractivity contribution in [3.63, 3.8) is 0 Å². The van der Waals surface area contributed by atoms with Gasteiger partial charge in [-0.2, -0.15) is 0 Å². The minimum absolute atomic E-state index is 0.00243. The van der Waals surface area contributed by atoms with Crippen LogP contribution >= 0.6 is 11.6 Å². The monoisotopic (exact) mass is 285 g/mol. The van der Waals surface area contributed by atoms with E-state index in [1.54, 1.807) is 13.8 Å². The van der Waals surface area contributed by atoms with E-state index in [9.17, 15) is 14.9 Å². The second-order valence-electron chi connectivity index (χ2n) is 4.34. The summed E-state index contributed by atoms with van der Waals surface area (Å²) < 4.78 is 0. The topological polar surface area (TPSA) is 98.3 Å². The maximum atomic E-state index is 11.8. The molecule has 0 bridgehead atoms. The molecular weight excluding hydrogens is 270 g/mol. The van der Waals surface area contributed by atoms with Gasteiger partial charge in [0, 0.05) is 17.7 Å². The fourth-order valence-electron chi connectivity index (χ4n) is 1.58. The molecular formula is C12H16ClN3O3. The number of rotatable bonds is 5. The number of benzene rings is 1. The van der Waals surface area contributed by atoms with Gasteiger partial charge in [0.1, 0.15) is 5.02 Å². The van der Waals surface area contributed by atoms with Crippen LogP contribution in [0.5, 0.6) is 0 Å². The molecule has 6 nitrogen and oxygen atoms in total. The van der Waals surface area contributed by atoms with Crippen molar-refractivity contribution in [3.8, 4) is 0 Å². The number of nitro benzene ring substituents is 1. The SMILES string of the molecule is Cc1cc([N+](=O)[O-])c(Cl)cc1NC(=O)C(C)CCN. The van der Waals surface area contributed by atoms with Crippen LogP contribution in [0.3, 0.4) is 0 Å². The molecule has 0 aromatic heterocycles. The number of halogens is 1. The number of hydrogen-bond acceptors (Lipinski definition) is 4. The van der Waals surface area contributed by atoms with E-state index in [1.165, 1.54) is 12.1 Å². The Hall–Kier alpha value is -1.66. The normalized spacial score (nSPS) is 12.0. The minimum Gasteiger partial charge on any atom is -0.330 e. The van der Waals surface area contributed by atoms with E-state index < -0.39 is 4.92 Å². The maximum Gasteiger partial charge on any atom is 0.288 e. The highest BCUT2D eigenvalue weighted by molar-refractivity contribution is 6.33. The molecule has 1 rings (SSSR count). The zero-order valence-electron chi connectivity index (χ0n) is 10.8. The Morgan fingerprint density at radius 3 is 2.74 bits per heavy atom. The first-order valence-electron chi connectivity index (χ1n) is 5.82. The van der Waals surface area contributed by atoms with E-state index in [-0.39, 0.29) is 22.5 Å². The summed E-state index contributed by atoms with van der Waals surface area (Å²) in [4.78, 5) is 22.0. The zero-order chi connectivity index (χ0) is 14.6. The number of hydrogen-bond donors (Lipinski definition) is 2. The Bertz CT molecular complexity index is 505. The molecule has 1 unspecified atom stereocenters. The lowest BCUT2D eigenvalue weighted by Crippen LogP contribution is -2.23. The van der Waals surface area contributed by atoms with Gasteiger partial charge in [-0.25, -0.2) is 0 Å². The van der Waals surface area contributed by atoms with Crippen LogP contribution in [0.1, 0.15) is 18.9 Å². The van der Waals surface area contributed by atoms with Crippen LogP contribution in [0.15, 0.2) is 12.1 Å². The number of anilines is 1. The molecule has 0 aliphatic carbocycles. The Kier molecular flexibility index (Phi) is 5.26. The molecule has 0 saturated heterocycles. The number of amides is 1. The number of carbonyl (C=O) groups is 1. The summed E-state index contributed by atoms with van der Waals surface area (Å²) in [5, 5.41) is 13.4. The molecule has 7 heteroatoms. The third kappa shape index (κ3) is 3.90. The molecule has 0 heterocycles. The highest BCUT2D eigenvalue weighted by atomic mass is 35.5. The third-order valence-electron chi connectivity index (χ3n) is 2.80. The number of aryl methyl sites for hydroxylation is 1. The van der Waals surface area contributed by atoms with Crippen molar-refractivity contribution in [1.82, 2.24) is 0 Å². The molecule has 1 atom stereocenters. The number of nitrogens with zero attached hydrogens (tertiary/aromatic N) is 1. The van der Waals surface area contributed by atoms with E-state index in [0.29, 0.717) is 24.2 Å². The van der Waals surface area contributed by atoms with E-state index in [1.807, 2.05) is 0 Å². The van der Waals surface area contributed by atoms with Crippen LogP contribution in [0.4, 0.5) is 11.4 Å². The van der Waals surface area contributed by atoms with Crippen LogP contribution in [-0.4, -0.2) is 17.4 Å². The number of nitro groups is 1. The molecule has 19 heavy (non-hydrogen) atoms. The smallest absolute Gasteiger partial charge is 0.288 e. The summed E-state index contributed by atoms with van der Waals surface area (Å²) in [5.41, 5.74) is 6.28. The molecule has 0 spiro atoms. The Balaban J connectivity index is 2.94. The van der Waals surface area contributed by atoms with Crippen molar-refractivity contribution in [2.45, 2.75) is 20.3 Å². The number of carbonyl (C=O) groups excluding carboxylic acids is 1. The highest BCUT2D eigenvalue weighted by Crippen LogP contribution is 2.30. The van der Waals surface area contributed by atoms with Crippen LogP contribution in [0.2, 0.25) is 5.02 Å². The maximum absolute atomic E-state index is 11.8. The Labute approximate surface area is 116 Å². The molecule has 3 N–H and O–H groups in total. The second-order valence-corrected chi connectivity index (χ2v) is 4.75. The summed E-state index contributed by atoms with van der Waals surface area (Å²) in [6.45, 7) is 3.87. The summed E-state index contributed by atoms with van der Waals surface area (Å²) >= 11 is 5.81. The molecule has 1 aromatic rings. The summed E-state index contributed by atoms with van der Waals surface area (Å²) in [7, 11) is 0. The summed E-state index contributed by atoms with van der Waals surface area (Å²) in [6, 6.07) is 2.73. The van der Waals surface area contributed by atoms with Crippen molar-refractivity contribution < 1.29 is 9.72 Å². The third-order valence-corrected chi connectivity index (χ3v) is 3.10. The summed E-state index contributed by atoms with van der Waals surface area (Å²) in [5.74, 6) is -0.406. The lowest BCUT2D eigenvalue weighted by atomic mass is 10.1. The first-order valence-corrected chi connectivity index (χ1v) is 6.20. The predicted molar refractivity (Wildman–Crippen MR) is 74.3 cm³/mol. The predicted octanol–water partition coefficient (Wildman–Crippen LogP) is 2.48. The first-order chi connectivity index (χ1) is 8.86. The highest BCUT2D eigenvalue weighted by Gasteiger charge is 2.18. The average molecular weight is 286 g/mol. The first kappa shape index (κ1) is 15.4. The molecule has 0 aliphatic rings. The molecule has 0 saturated carbocycles. The van der Waals surface area contributed by atoms with Gasteiger partial charge in [-0.3, -0.25) is 14.9 Å². The van der Waals surface area contributed by atoms with Crippen LogP contribution in [-0.2, 0) is 4.79 Å². The fraction of sp³-hybridized carbons (Fsp3) is 0.417. The molecule has 1 amide bonds. The quantitative estimate of drug-likeness (QED) is 0.641. The summed E-state index contributed by atoms with van der Waals surface area (Å²) in [6.07, 6.45) is 0.575. The van der Waals surface area contributed by atoms with Gasteiger partial charge in [0.2, 0.25) is 5.91 Å². The molecule has 0 aliphatic heterocycles. The Morgan fingerprint density at radius 1 is 1.58 bits per heavy atom. The largest absolute Gasteiger partial charge is 0.330 e. The van der Waals surface area contributed by atoms with E-state index in [0.717, 1.165) is 0 Å². The van der Waals surface area contributed by atoms with Crippen LogP contribution in [0.25, 0.3) is 0 Å². The molecule has 0 fully saturated rings. The molecule has 0 radical (unpaired) electrons. The van der Waals surface area contributed by atoms with Gasteiger partial charge < -0.3 is 11.1 Å². The zero-order valence-corrected chi connectivity index (χ0v) is 11.5. The van der Waals surface area contributed by atoms with Gasteiger partial charge in [0.15, 0.2) is 0 Å². The van der Waals surface area contributed by atoms with Crippen molar-refractivity contribution >= 4 is 28.9 Å². The van der Waals surface area contributed by atoms with Crippen molar-refractivity contribution in [2.75, 3.05) is 11.9 Å². The van der Waals surface area contributed by atoms with Gasteiger partial charge in [0.25, 0.3) is 5.69 Å². The van der Waals surface area contributed by atoms with Gasteiger partial charge >= 0.3 is 0 Å². The van der Waals surface area contributed by atoms with Gasteiger partial charge in [-0.1, -0.05) is 18.5 Å². The number of nitrogens with one attached hydrogen (secondary N) is 1. The second kappa shape index (κ2) is 6.49. The minimum atomic E-state index is -0.558. The van der Waals surface area contributed by atoms with Crippen molar-refractivity contribution in [2.24, 2.45) is 11.7 Å². The molecule has 104 valence electrons. The van der Waals surface area contributed by atoms with Crippen LogP contribution in [0, 0.1) is 23.0 Å². The standard InChI is InChI=1S/C12H16ClN3O3/c1-7(3-4-14)12(17)15-10-6-9(13)11(16(18)19)5-8(10)2/h5-7H,3-4,14H2,1-2H3,(H,15,17). The van der Waals surface area contributed by atoms with Crippen molar-refractivity contribution in [1.29, 1.82) is 0 Å². The van der Waals surface area contributed by atoms with Gasteiger partial charge in [0.05, 0.1) is 4.92 Å². The van der Waals surface area contributed by atoms with E-state index in [4.69, 9.17) is 17.3 Å². The van der Waals surface area contributed by atoms with Crippen LogP contribution < -0.4 is 11.1 Å². The van der Waals surface area contributed by atoms with E-state index >= 15 is 0 Å². The van der Waals surface area contributed by atoms with Crippen molar-refractivity contribution in [3.05, 3.63) is 32.8 Å². The van der Waals surface area contributed by atoms with Gasteiger partial charge in [-0.15, -0.1) is 0 Å². The van der Waals surface area contributed by atoms with E-state index in [2.05, 4.69) is 5.32 Å². The average Bonchev–Trinajstić information content (AvgIpc) is 2.33.